The van der Waals surface area contributed by atoms with Gasteiger partial charge in [-0.2, -0.15) is 0 Å². The second kappa shape index (κ2) is 14.5. The molecule has 7 heteroatoms. The molecule has 0 saturated heterocycles. The average molecular weight is 591 g/mol. The quantitative estimate of drug-likeness (QED) is 0.155. The largest absolute Gasteiger partial charge is 0.493 e. The Balaban J connectivity index is 1.27. The third-order valence-electron chi connectivity index (χ3n) is 6.51. The number of fused-ring (bicyclic) bond motifs is 1. The number of para-hydroxylation sites is 2. The molecule has 0 radical (unpaired) electrons. The normalized spacial score (nSPS) is 11.3. The van der Waals surface area contributed by atoms with Crippen LogP contribution in [0.3, 0.4) is 0 Å². The first-order chi connectivity index (χ1) is 19.1. The molecule has 204 valence electrons. The van der Waals surface area contributed by atoms with E-state index < -0.39 is 0 Å². The standard InChI is InChI=1S/C32H36BrN3O3/c1-3-11-24-17-18-29(30(22-24)38-2)39-21-10-20-36-28-15-7-6-14-27(28)35-31(36)16-5-4-8-19-34-32(37)25-12-9-13-26(33)23-25/h3,6-7,9,11-15,17-18,22-23H,4-5,8,10,16,19-21H2,1-2H3,(H,34,37)/b11-3+. The summed E-state index contributed by atoms with van der Waals surface area (Å²) in [6.07, 6.45) is 8.77. The summed E-state index contributed by atoms with van der Waals surface area (Å²) >= 11 is 3.41. The number of nitrogens with one attached hydrogen (secondary N) is 1. The predicted octanol–water partition coefficient (Wildman–Crippen LogP) is 7.45. The summed E-state index contributed by atoms with van der Waals surface area (Å²) in [6.45, 7) is 4.08. The lowest BCUT2D eigenvalue weighted by molar-refractivity contribution is 0.0953. The Bertz CT molecular complexity index is 1410. The van der Waals surface area contributed by atoms with E-state index in [4.69, 9.17) is 14.5 Å². The van der Waals surface area contributed by atoms with Gasteiger partial charge in [0, 0.05) is 29.5 Å². The number of methoxy groups -OCH3 is 1. The number of hydrogen-bond acceptors (Lipinski definition) is 4. The highest BCUT2D eigenvalue weighted by atomic mass is 79.9. The molecule has 39 heavy (non-hydrogen) atoms. The van der Waals surface area contributed by atoms with Gasteiger partial charge in [0.1, 0.15) is 5.82 Å². The summed E-state index contributed by atoms with van der Waals surface area (Å²) in [4.78, 5) is 17.2. The highest BCUT2D eigenvalue weighted by Crippen LogP contribution is 2.29. The van der Waals surface area contributed by atoms with Crippen LogP contribution in [0.4, 0.5) is 0 Å². The maximum atomic E-state index is 12.3. The van der Waals surface area contributed by atoms with Crippen LogP contribution in [0.15, 0.2) is 77.3 Å². The van der Waals surface area contributed by atoms with Crippen molar-refractivity contribution >= 4 is 38.9 Å². The summed E-state index contributed by atoms with van der Waals surface area (Å²) in [5.41, 5.74) is 3.94. The molecule has 0 saturated carbocycles. The minimum Gasteiger partial charge on any atom is -0.493 e. The highest BCUT2D eigenvalue weighted by Gasteiger charge is 2.11. The Kier molecular flexibility index (Phi) is 10.6. The van der Waals surface area contributed by atoms with Gasteiger partial charge in [-0.15, -0.1) is 0 Å². The van der Waals surface area contributed by atoms with Gasteiger partial charge in [-0.25, -0.2) is 4.98 Å². The molecule has 0 aliphatic carbocycles. The van der Waals surface area contributed by atoms with Gasteiger partial charge in [-0.05, 0) is 74.2 Å². The summed E-state index contributed by atoms with van der Waals surface area (Å²) in [6, 6.07) is 21.7. The number of carbonyl (C=O) groups excluding carboxylic acids is 1. The van der Waals surface area contributed by atoms with Gasteiger partial charge in [-0.1, -0.05) is 58.8 Å². The lowest BCUT2D eigenvalue weighted by Gasteiger charge is -2.13. The van der Waals surface area contributed by atoms with Crippen molar-refractivity contribution in [2.75, 3.05) is 20.3 Å². The average Bonchev–Trinajstić information content (AvgIpc) is 3.30. The van der Waals surface area contributed by atoms with Gasteiger partial charge in [0.15, 0.2) is 11.5 Å². The van der Waals surface area contributed by atoms with Crippen LogP contribution >= 0.6 is 15.9 Å². The number of amides is 1. The first-order valence-corrected chi connectivity index (χ1v) is 14.3. The molecule has 4 rings (SSSR count). The molecule has 0 atom stereocenters. The van der Waals surface area contributed by atoms with Crippen LogP contribution in [0.2, 0.25) is 0 Å². The second-order valence-electron chi connectivity index (χ2n) is 9.36. The van der Waals surface area contributed by atoms with Crippen molar-refractivity contribution in [1.29, 1.82) is 0 Å². The molecule has 3 aromatic carbocycles. The van der Waals surface area contributed by atoms with E-state index in [-0.39, 0.29) is 5.91 Å². The van der Waals surface area contributed by atoms with Gasteiger partial charge in [-0.3, -0.25) is 4.79 Å². The van der Waals surface area contributed by atoms with E-state index in [0.717, 1.165) is 77.0 Å². The zero-order valence-electron chi connectivity index (χ0n) is 22.7. The number of aryl methyl sites for hydroxylation is 2. The zero-order chi connectivity index (χ0) is 27.5. The summed E-state index contributed by atoms with van der Waals surface area (Å²) in [5, 5.41) is 3.02. The van der Waals surface area contributed by atoms with Crippen LogP contribution in [0.25, 0.3) is 17.1 Å². The number of benzene rings is 3. The van der Waals surface area contributed by atoms with Crippen LogP contribution in [0.5, 0.6) is 11.5 Å². The van der Waals surface area contributed by atoms with Gasteiger partial charge < -0.3 is 19.4 Å². The van der Waals surface area contributed by atoms with Crippen LogP contribution in [0, 0.1) is 0 Å². The van der Waals surface area contributed by atoms with Crippen molar-refractivity contribution in [3.05, 3.63) is 94.2 Å². The molecule has 0 aliphatic heterocycles. The third kappa shape index (κ3) is 7.96. The molecule has 0 aliphatic rings. The topological polar surface area (TPSA) is 65.4 Å². The number of unbranched alkanes of at least 4 members (excludes halogenated alkanes) is 2. The first-order valence-electron chi connectivity index (χ1n) is 13.5. The molecular weight excluding hydrogens is 554 g/mol. The van der Waals surface area contributed by atoms with Crippen molar-refractivity contribution < 1.29 is 14.3 Å². The fourth-order valence-electron chi connectivity index (χ4n) is 4.59. The first kappa shape index (κ1) is 28.4. The van der Waals surface area contributed by atoms with E-state index in [1.54, 1.807) is 7.11 Å². The van der Waals surface area contributed by atoms with E-state index in [2.05, 4.69) is 44.0 Å². The smallest absolute Gasteiger partial charge is 0.251 e. The fourth-order valence-corrected chi connectivity index (χ4v) is 4.99. The van der Waals surface area contributed by atoms with Crippen LogP contribution < -0.4 is 14.8 Å². The van der Waals surface area contributed by atoms with Gasteiger partial charge in [0.25, 0.3) is 5.91 Å². The Morgan fingerprint density at radius 3 is 2.69 bits per heavy atom. The van der Waals surface area contributed by atoms with Crippen LogP contribution in [0.1, 0.15) is 54.4 Å². The van der Waals surface area contributed by atoms with Crippen LogP contribution in [-0.4, -0.2) is 35.7 Å². The number of hydrogen-bond donors (Lipinski definition) is 1. The number of nitrogens with zero attached hydrogens (tertiary/aromatic N) is 2. The number of ether oxygens (including phenoxy) is 2. The van der Waals surface area contributed by atoms with Crippen molar-refractivity contribution in [3.8, 4) is 11.5 Å². The van der Waals surface area contributed by atoms with Crippen molar-refractivity contribution in [3.63, 3.8) is 0 Å². The van der Waals surface area contributed by atoms with Crippen molar-refractivity contribution in [1.82, 2.24) is 14.9 Å². The predicted molar refractivity (Wildman–Crippen MR) is 162 cm³/mol. The number of rotatable bonds is 14. The Morgan fingerprint density at radius 2 is 1.87 bits per heavy atom. The minimum absolute atomic E-state index is 0.0355. The van der Waals surface area contributed by atoms with E-state index in [9.17, 15) is 4.79 Å². The summed E-state index contributed by atoms with van der Waals surface area (Å²) in [7, 11) is 1.67. The van der Waals surface area contributed by atoms with E-state index in [1.807, 2.05) is 67.6 Å². The molecule has 1 amide bonds. The Morgan fingerprint density at radius 1 is 1.00 bits per heavy atom. The number of aromatic nitrogens is 2. The molecule has 1 N–H and O–H groups in total. The lowest BCUT2D eigenvalue weighted by Crippen LogP contribution is -2.24. The summed E-state index contributed by atoms with van der Waals surface area (Å²) in [5.74, 6) is 2.56. The summed E-state index contributed by atoms with van der Waals surface area (Å²) < 4.78 is 14.8. The van der Waals surface area contributed by atoms with E-state index in [1.165, 1.54) is 0 Å². The SMILES string of the molecule is C/C=C/c1ccc(OCCCn2c(CCCCCNC(=O)c3cccc(Br)c3)nc3ccccc32)c(OC)c1. The molecule has 1 heterocycles. The van der Waals surface area contributed by atoms with E-state index in [0.29, 0.717) is 18.7 Å². The van der Waals surface area contributed by atoms with Crippen LogP contribution in [-0.2, 0) is 13.0 Å². The maximum Gasteiger partial charge on any atom is 0.251 e. The van der Waals surface area contributed by atoms with E-state index >= 15 is 0 Å². The van der Waals surface area contributed by atoms with Gasteiger partial charge >= 0.3 is 0 Å². The highest BCUT2D eigenvalue weighted by molar-refractivity contribution is 9.10. The molecular formula is C32H36BrN3O3. The molecule has 4 aromatic rings. The molecule has 0 fully saturated rings. The number of allylic oxidation sites excluding steroid dienone is 1. The molecule has 0 spiro atoms. The molecule has 0 unspecified atom stereocenters. The maximum absolute atomic E-state index is 12.3. The minimum atomic E-state index is -0.0355. The third-order valence-corrected chi connectivity index (χ3v) is 7.01. The number of halogens is 1. The number of imidazole rings is 1. The molecule has 0 bridgehead atoms. The van der Waals surface area contributed by atoms with Gasteiger partial charge in [0.05, 0.1) is 24.8 Å². The Hall–Kier alpha value is -3.58. The number of carbonyl (C=O) groups is 1. The van der Waals surface area contributed by atoms with Gasteiger partial charge in [0.2, 0.25) is 0 Å². The molecule has 1 aromatic heterocycles. The lowest BCUT2D eigenvalue weighted by atomic mass is 10.1. The zero-order valence-corrected chi connectivity index (χ0v) is 24.2. The van der Waals surface area contributed by atoms with Crippen molar-refractivity contribution in [2.24, 2.45) is 0 Å². The molecule has 6 nitrogen and oxygen atoms in total. The Labute approximate surface area is 239 Å². The van der Waals surface area contributed by atoms with Crippen molar-refractivity contribution in [2.45, 2.75) is 45.6 Å². The monoisotopic (exact) mass is 589 g/mol. The second-order valence-corrected chi connectivity index (χ2v) is 10.3. The fraction of sp³-hybridized carbons (Fsp3) is 0.312.